The molecule has 142 valence electrons. The molecule has 0 aliphatic carbocycles. The number of carbonyl (C=O) groups is 1. The summed E-state index contributed by atoms with van der Waals surface area (Å²) in [4.78, 5) is 25.0. The summed E-state index contributed by atoms with van der Waals surface area (Å²) in [6.07, 6.45) is 3.41. The number of benzene rings is 2. The van der Waals surface area contributed by atoms with E-state index in [-0.39, 0.29) is 18.2 Å². The monoisotopic (exact) mass is 412 g/mol. The first-order chi connectivity index (χ1) is 13.5. The Morgan fingerprint density at radius 1 is 1.21 bits per heavy atom. The van der Waals surface area contributed by atoms with Crippen LogP contribution in [0, 0.1) is 10.1 Å². The van der Waals surface area contributed by atoms with Crippen molar-refractivity contribution in [2.45, 2.75) is 6.61 Å². The van der Waals surface area contributed by atoms with Crippen LogP contribution >= 0.6 is 24.0 Å². The van der Waals surface area contributed by atoms with Crippen LogP contribution < -0.4 is 4.74 Å². The van der Waals surface area contributed by atoms with Crippen LogP contribution in [0.3, 0.4) is 0 Å². The van der Waals surface area contributed by atoms with Crippen molar-refractivity contribution in [2.75, 3.05) is 6.54 Å². The number of nitro benzene ring substituents is 1. The van der Waals surface area contributed by atoms with Crippen molar-refractivity contribution in [1.29, 1.82) is 0 Å². The second-order valence-corrected chi connectivity index (χ2v) is 7.50. The summed E-state index contributed by atoms with van der Waals surface area (Å²) >= 11 is 6.48. The number of hydrogen-bond donors (Lipinski definition) is 0. The molecule has 1 fully saturated rings. The van der Waals surface area contributed by atoms with E-state index in [0.717, 1.165) is 5.56 Å². The number of para-hydroxylation sites is 1. The van der Waals surface area contributed by atoms with Crippen LogP contribution in [0.25, 0.3) is 6.08 Å². The molecule has 1 heterocycles. The largest absolute Gasteiger partial charge is 0.489 e. The molecule has 0 N–H and O–H groups in total. The van der Waals surface area contributed by atoms with E-state index < -0.39 is 4.92 Å². The van der Waals surface area contributed by atoms with E-state index in [1.54, 1.807) is 42.5 Å². The molecule has 28 heavy (non-hydrogen) atoms. The molecule has 1 aliphatic rings. The molecular formula is C20H16N2O4S2. The molecular weight excluding hydrogens is 396 g/mol. The first-order valence-corrected chi connectivity index (χ1v) is 9.53. The summed E-state index contributed by atoms with van der Waals surface area (Å²) in [6.45, 7) is 4.12. The molecule has 0 radical (unpaired) electrons. The molecule has 1 amide bonds. The maximum Gasteiger partial charge on any atom is 0.276 e. The van der Waals surface area contributed by atoms with Gasteiger partial charge in [0.2, 0.25) is 0 Å². The van der Waals surface area contributed by atoms with Gasteiger partial charge in [-0.05, 0) is 29.8 Å². The third-order valence-corrected chi connectivity index (χ3v) is 5.32. The first-order valence-electron chi connectivity index (χ1n) is 8.31. The summed E-state index contributed by atoms with van der Waals surface area (Å²) in [6, 6.07) is 13.6. The van der Waals surface area contributed by atoms with Gasteiger partial charge in [0.15, 0.2) is 0 Å². The predicted octanol–water partition coefficient (Wildman–Crippen LogP) is 4.56. The molecule has 0 saturated carbocycles. The SMILES string of the molecule is C=CCN1C(=O)/C(=C/c2ccc(OCc3ccccc3[N+](=O)[O-])cc2)SC1=S. The van der Waals surface area contributed by atoms with Crippen LogP contribution in [0.1, 0.15) is 11.1 Å². The highest BCUT2D eigenvalue weighted by atomic mass is 32.2. The fourth-order valence-corrected chi connectivity index (χ4v) is 3.85. The quantitative estimate of drug-likeness (QED) is 0.218. The van der Waals surface area contributed by atoms with Crippen LogP contribution in [-0.2, 0) is 11.4 Å². The van der Waals surface area contributed by atoms with Crippen molar-refractivity contribution in [1.82, 2.24) is 4.90 Å². The van der Waals surface area contributed by atoms with Crippen molar-refractivity contribution < 1.29 is 14.5 Å². The van der Waals surface area contributed by atoms with E-state index in [1.807, 2.05) is 12.1 Å². The van der Waals surface area contributed by atoms with E-state index in [1.165, 1.54) is 22.7 Å². The maximum atomic E-state index is 12.3. The number of thiocarbonyl (C=S) groups is 1. The Morgan fingerprint density at radius 3 is 2.61 bits per heavy atom. The summed E-state index contributed by atoms with van der Waals surface area (Å²) in [5.41, 5.74) is 1.36. The summed E-state index contributed by atoms with van der Waals surface area (Å²) in [7, 11) is 0. The van der Waals surface area contributed by atoms with Crippen LogP contribution in [0.5, 0.6) is 5.75 Å². The molecule has 0 atom stereocenters. The number of nitrogens with zero attached hydrogens (tertiary/aromatic N) is 2. The van der Waals surface area contributed by atoms with E-state index >= 15 is 0 Å². The fraction of sp³-hybridized carbons (Fsp3) is 0.100. The minimum atomic E-state index is -0.426. The van der Waals surface area contributed by atoms with Gasteiger partial charge in [-0.1, -0.05) is 54.3 Å². The second kappa shape index (κ2) is 8.81. The Kier molecular flexibility index (Phi) is 6.23. The molecule has 0 spiro atoms. The third kappa shape index (κ3) is 4.47. The van der Waals surface area contributed by atoms with Gasteiger partial charge in [0.1, 0.15) is 16.7 Å². The van der Waals surface area contributed by atoms with Crippen LogP contribution in [-0.4, -0.2) is 26.6 Å². The molecule has 8 heteroatoms. The molecule has 2 aromatic rings. The number of amides is 1. The minimum absolute atomic E-state index is 0.0284. The van der Waals surface area contributed by atoms with Crippen molar-refractivity contribution in [2.24, 2.45) is 0 Å². The maximum absolute atomic E-state index is 12.3. The molecule has 2 aromatic carbocycles. The lowest BCUT2D eigenvalue weighted by Crippen LogP contribution is -2.27. The number of carbonyl (C=O) groups excluding carboxylic acids is 1. The molecule has 0 bridgehead atoms. The van der Waals surface area contributed by atoms with Gasteiger partial charge in [-0.15, -0.1) is 6.58 Å². The number of thioether (sulfide) groups is 1. The lowest BCUT2D eigenvalue weighted by Gasteiger charge is -2.10. The highest BCUT2D eigenvalue weighted by Crippen LogP contribution is 2.32. The van der Waals surface area contributed by atoms with Crippen LogP contribution in [0.2, 0.25) is 0 Å². The normalized spacial score (nSPS) is 15.1. The topological polar surface area (TPSA) is 72.7 Å². The van der Waals surface area contributed by atoms with Gasteiger partial charge < -0.3 is 4.74 Å². The highest BCUT2D eigenvalue weighted by Gasteiger charge is 2.30. The average Bonchev–Trinajstić information content (AvgIpc) is 2.95. The van der Waals surface area contributed by atoms with Gasteiger partial charge in [-0.2, -0.15) is 0 Å². The van der Waals surface area contributed by atoms with Gasteiger partial charge >= 0.3 is 0 Å². The molecule has 6 nitrogen and oxygen atoms in total. The van der Waals surface area contributed by atoms with Crippen LogP contribution in [0.4, 0.5) is 5.69 Å². The Labute approximate surface area is 171 Å². The number of rotatable bonds is 7. The minimum Gasteiger partial charge on any atom is -0.489 e. The Morgan fingerprint density at radius 2 is 1.93 bits per heavy atom. The van der Waals surface area contributed by atoms with E-state index in [9.17, 15) is 14.9 Å². The lowest BCUT2D eigenvalue weighted by atomic mass is 10.2. The first kappa shape index (κ1) is 19.8. The molecule has 1 aliphatic heterocycles. The lowest BCUT2D eigenvalue weighted by molar-refractivity contribution is -0.385. The zero-order chi connectivity index (χ0) is 20.1. The fourth-order valence-electron chi connectivity index (χ4n) is 2.57. The van der Waals surface area contributed by atoms with Gasteiger partial charge in [0.25, 0.3) is 11.6 Å². The summed E-state index contributed by atoms with van der Waals surface area (Å²) < 4.78 is 6.17. The van der Waals surface area contributed by atoms with Crippen LogP contribution in [0.15, 0.2) is 66.1 Å². The van der Waals surface area contributed by atoms with Gasteiger partial charge in [0, 0.05) is 12.6 Å². The molecule has 0 unspecified atom stereocenters. The van der Waals surface area contributed by atoms with Gasteiger partial charge in [-0.25, -0.2) is 0 Å². The smallest absolute Gasteiger partial charge is 0.276 e. The van der Waals surface area contributed by atoms with E-state index in [0.29, 0.717) is 27.1 Å². The van der Waals surface area contributed by atoms with Gasteiger partial charge in [0.05, 0.1) is 15.4 Å². The predicted molar refractivity (Wildman–Crippen MR) is 114 cm³/mol. The van der Waals surface area contributed by atoms with Crippen molar-refractivity contribution >= 4 is 46.0 Å². The standard InChI is InChI=1S/C20H16N2O4S2/c1-2-11-21-19(23)18(28-20(21)27)12-14-7-9-16(10-8-14)26-13-15-5-3-4-6-17(15)22(24)25/h2-10,12H,1,11,13H2/b18-12-. The molecule has 1 saturated heterocycles. The Hall–Kier alpha value is -2.97. The Bertz CT molecular complexity index is 970. The Balaban J connectivity index is 1.68. The number of ether oxygens (including phenoxy) is 1. The highest BCUT2D eigenvalue weighted by molar-refractivity contribution is 8.26. The zero-order valence-corrected chi connectivity index (χ0v) is 16.4. The van der Waals surface area contributed by atoms with E-state index in [4.69, 9.17) is 17.0 Å². The average molecular weight is 412 g/mol. The second-order valence-electron chi connectivity index (χ2n) is 5.82. The van der Waals surface area contributed by atoms with Crippen molar-refractivity contribution in [3.63, 3.8) is 0 Å². The zero-order valence-electron chi connectivity index (χ0n) is 14.7. The number of nitro groups is 1. The van der Waals surface area contributed by atoms with E-state index in [2.05, 4.69) is 6.58 Å². The summed E-state index contributed by atoms with van der Waals surface area (Å²) in [5, 5.41) is 11.1. The molecule has 0 aromatic heterocycles. The molecule has 3 rings (SSSR count). The van der Waals surface area contributed by atoms with Crippen molar-refractivity contribution in [3.05, 3.63) is 87.3 Å². The number of hydrogen-bond acceptors (Lipinski definition) is 6. The summed E-state index contributed by atoms with van der Waals surface area (Å²) in [5.74, 6) is 0.445. The van der Waals surface area contributed by atoms with Gasteiger partial charge in [-0.3, -0.25) is 19.8 Å². The third-order valence-electron chi connectivity index (χ3n) is 3.95. The van der Waals surface area contributed by atoms with Crippen molar-refractivity contribution in [3.8, 4) is 5.75 Å².